The normalized spacial score (nSPS) is 12.8. The fourth-order valence-corrected chi connectivity index (χ4v) is 2.38. The van der Waals surface area contributed by atoms with Crippen LogP contribution in [-0.4, -0.2) is 0 Å². The van der Waals surface area contributed by atoms with Gasteiger partial charge < -0.3 is 10.2 Å². The van der Waals surface area contributed by atoms with E-state index in [1.165, 1.54) is 0 Å². The van der Waals surface area contributed by atoms with Crippen molar-refractivity contribution in [3.63, 3.8) is 0 Å². The second-order valence-electron chi connectivity index (χ2n) is 4.73. The van der Waals surface area contributed by atoms with Gasteiger partial charge in [0.25, 0.3) is 0 Å². The first-order valence-corrected chi connectivity index (χ1v) is 6.26. The number of hydrogen-bond acceptors (Lipinski definition) is 2. The van der Waals surface area contributed by atoms with Gasteiger partial charge in [0.2, 0.25) is 0 Å². The highest BCUT2D eigenvalue weighted by atomic mass is 19.1. The molecule has 0 radical (unpaired) electrons. The summed E-state index contributed by atoms with van der Waals surface area (Å²) in [6.07, 6.45) is 0. The molecule has 0 aliphatic heterocycles. The highest BCUT2D eigenvalue weighted by Crippen LogP contribution is 2.32. The smallest absolute Gasteiger partial charge is 0.134 e. The molecular formula is C16H13F2NO. The molecule has 0 saturated heterocycles. The Balaban J connectivity index is 2.15. The minimum Gasteiger partial charge on any atom is -0.459 e. The SMILES string of the molecule is Cc1c(C(N)c2cc(F)ccc2F)oc2ccccc12. The average Bonchev–Trinajstić information content (AvgIpc) is 2.79. The van der Waals surface area contributed by atoms with Crippen LogP contribution in [0.1, 0.15) is 22.9 Å². The van der Waals surface area contributed by atoms with Crippen LogP contribution < -0.4 is 5.73 Å². The average molecular weight is 273 g/mol. The van der Waals surface area contributed by atoms with Crippen LogP contribution in [0.5, 0.6) is 0 Å². The van der Waals surface area contributed by atoms with E-state index in [4.69, 9.17) is 10.2 Å². The van der Waals surface area contributed by atoms with Crippen molar-refractivity contribution in [3.8, 4) is 0 Å². The molecule has 0 bridgehead atoms. The molecule has 0 aliphatic carbocycles. The molecule has 0 saturated carbocycles. The summed E-state index contributed by atoms with van der Waals surface area (Å²) in [7, 11) is 0. The number of nitrogens with two attached hydrogens (primary N) is 1. The van der Waals surface area contributed by atoms with Crippen LogP contribution in [0.15, 0.2) is 46.9 Å². The quantitative estimate of drug-likeness (QED) is 0.764. The predicted octanol–water partition coefficient (Wildman–Crippen LogP) is 4.07. The molecule has 102 valence electrons. The molecule has 20 heavy (non-hydrogen) atoms. The molecule has 2 nitrogen and oxygen atoms in total. The van der Waals surface area contributed by atoms with Crippen LogP contribution in [0, 0.1) is 18.6 Å². The first kappa shape index (κ1) is 12.8. The molecule has 1 unspecified atom stereocenters. The Morgan fingerprint density at radius 3 is 2.60 bits per heavy atom. The van der Waals surface area contributed by atoms with Gasteiger partial charge in [0, 0.05) is 16.5 Å². The highest BCUT2D eigenvalue weighted by Gasteiger charge is 2.21. The molecule has 0 amide bonds. The maximum atomic E-state index is 13.8. The highest BCUT2D eigenvalue weighted by molar-refractivity contribution is 5.82. The number of benzene rings is 2. The van der Waals surface area contributed by atoms with Gasteiger partial charge in [-0.1, -0.05) is 18.2 Å². The van der Waals surface area contributed by atoms with E-state index in [0.717, 1.165) is 29.1 Å². The molecule has 2 N–H and O–H groups in total. The minimum absolute atomic E-state index is 0.0900. The molecule has 0 fully saturated rings. The molecule has 0 aliphatic rings. The van der Waals surface area contributed by atoms with Crippen LogP contribution in [0.2, 0.25) is 0 Å². The molecule has 3 rings (SSSR count). The van der Waals surface area contributed by atoms with Gasteiger partial charge in [0.15, 0.2) is 0 Å². The molecule has 2 aromatic carbocycles. The molecular weight excluding hydrogens is 260 g/mol. The van der Waals surface area contributed by atoms with E-state index in [2.05, 4.69) is 0 Å². The fraction of sp³-hybridized carbons (Fsp3) is 0.125. The van der Waals surface area contributed by atoms with Gasteiger partial charge in [-0.3, -0.25) is 0 Å². The van der Waals surface area contributed by atoms with Gasteiger partial charge >= 0.3 is 0 Å². The number of para-hydroxylation sites is 1. The summed E-state index contributed by atoms with van der Waals surface area (Å²) in [4.78, 5) is 0. The van der Waals surface area contributed by atoms with Gasteiger partial charge in [-0.25, -0.2) is 8.78 Å². The van der Waals surface area contributed by atoms with E-state index in [1.54, 1.807) is 0 Å². The molecule has 1 atom stereocenters. The van der Waals surface area contributed by atoms with Crippen molar-refractivity contribution in [2.75, 3.05) is 0 Å². The first-order chi connectivity index (χ1) is 9.58. The number of furan rings is 1. The van der Waals surface area contributed by atoms with E-state index >= 15 is 0 Å². The summed E-state index contributed by atoms with van der Waals surface area (Å²) < 4.78 is 32.8. The Bertz CT molecular complexity index is 779. The third-order valence-corrected chi connectivity index (χ3v) is 3.46. The Hall–Kier alpha value is -2.20. The van der Waals surface area contributed by atoms with Crippen molar-refractivity contribution in [2.45, 2.75) is 13.0 Å². The summed E-state index contributed by atoms with van der Waals surface area (Å²) in [5.74, 6) is -0.611. The lowest BCUT2D eigenvalue weighted by Gasteiger charge is -2.11. The maximum Gasteiger partial charge on any atom is 0.134 e. The van der Waals surface area contributed by atoms with Gasteiger partial charge in [-0.05, 0) is 31.2 Å². The molecule has 1 heterocycles. The van der Waals surface area contributed by atoms with Crippen LogP contribution in [-0.2, 0) is 0 Å². The second-order valence-corrected chi connectivity index (χ2v) is 4.73. The zero-order chi connectivity index (χ0) is 14.3. The maximum absolute atomic E-state index is 13.8. The van der Waals surface area contributed by atoms with Crippen LogP contribution >= 0.6 is 0 Å². The lowest BCUT2D eigenvalue weighted by Crippen LogP contribution is -2.14. The summed E-state index contributed by atoms with van der Waals surface area (Å²) in [6.45, 7) is 1.86. The van der Waals surface area contributed by atoms with Gasteiger partial charge in [0.1, 0.15) is 23.0 Å². The monoisotopic (exact) mass is 273 g/mol. The Kier molecular flexibility index (Phi) is 3.03. The minimum atomic E-state index is -0.835. The van der Waals surface area contributed by atoms with Crippen molar-refractivity contribution in [3.05, 3.63) is 71.0 Å². The molecule has 1 aromatic heterocycles. The van der Waals surface area contributed by atoms with E-state index in [-0.39, 0.29) is 5.56 Å². The predicted molar refractivity (Wildman–Crippen MR) is 73.3 cm³/mol. The number of fused-ring (bicyclic) bond motifs is 1. The van der Waals surface area contributed by atoms with E-state index in [9.17, 15) is 8.78 Å². The largest absolute Gasteiger partial charge is 0.459 e. The van der Waals surface area contributed by atoms with E-state index < -0.39 is 17.7 Å². The van der Waals surface area contributed by atoms with Crippen molar-refractivity contribution in [1.29, 1.82) is 0 Å². The lowest BCUT2D eigenvalue weighted by atomic mass is 10.0. The summed E-state index contributed by atoms with van der Waals surface area (Å²) in [6, 6.07) is 9.88. The Labute approximate surface area is 114 Å². The summed E-state index contributed by atoms with van der Waals surface area (Å²) in [5, 5.41) is 0.926. The van der Waals surface area contributed by atoms with Crippen molar-refractivity contribution >= 4 is 11.0 Å². The topological polar surface area (TPSA) is 39.2 Å². The number of halogens is 2. The Morgan fingerprint density at radius 1 is 1.10 bits per heavy atom. The fourth-order valence-electron chi connectivity index (χ4n) is 2.38. The third kappa shape index (κ3) is 1.98. The molecule has 3 aromatic rings. The number of aryl methyl sites for hydroxylation is 1. The van der Waals surface area contributed by atoms with Crippen molar-refractivity contribution in [2.24, 2.45) is 5.73 Å². The van der Waals surface area contributed by atoms with Crippen molar-refractivity contribution in [1.82, 2.24) is 0 Å². The van der Waals surface area contributed by atoms with Gasteiger partial charge in [-0.2, -0.15) is 0 Å². The summed E-state index contributed by atoms with van der Waals surface area (Å²) in [5.41, 5.74) is 7.67. The Morgan fingerprint density at radius 2 is 1.85 bits per heavy atom. The standard InChI is InChI=1S/C16H13F2NO/c1-9-11-4-2-3-5-14(11)20-16(9)15(19)12-8-10(17)6-7-13(12)18/h2-8,15H,19H2,1H3. The van der Waals surface area contributed by atoms with Gasteiger partial charge in [0.05, 0.1) is 6.04 Å². The van der Waals surface area contributed by atoms with E-state index in [0.29, 0.717) is 11.3 Å². The van der Waals surface area contributed by atoms with Gasteiger partial charge in [-0.15, -0.1) is 0 Å². The van der Waals surface area contributed by atoms with Crippen LogP contribution in [0.4, 0.5) is 8.78 Å². The van der Waals surface area contributed by atoms with Crippen LogP contribution in [0.3, 0.4) is 0 Å². The lowest BCUT2D eigenvalue weighted by molar-refractivity contribution is 0.503. The van der Waals surface area contributed by atoms with Crippen LogP contribution in [0.25, 0.3) is 11.0 Å². The van der Waals surface area contributed by atoms with Crippen molar-refractivity contribution < 1.29 is 13.2 Å². The molecule has 4 heteroatoms. The number of hydrogen-bond donors (Lipinski definition) is 1. The van der Waals surface area contributed by atoms with E-state index in [1.807, 2.05) is 31.2 Å². The second kappa shape index (κ2) is 4.72. The summed E-state index contributed by atoms with van der Waals surface area (Å²) >= 11 is 0. The zero-order valence-corrected chi connectivity index (χ0v) is 10.9. The third-order valence-electron chi connectivity index (χ3n) is 3.46. The first-order valence-electron chi connectivity index (χ1n) is 6.26. The zero-order valence-electron chi connectivity index (χ0n) is 10.9. The molecule has 0 spiro atoms. The number of rotatable bonds is 2.